The van der Waals surface area contributed by atoms with Gasteiger partial charge in [0.2, 0.25) is 5.54 Å². The molecule has 0 bridgehead atoms. The molecule has 3 aromatic carbocycles. The van der Waals surface area contributed by atoms with Gasteiger partial charge in [-0.3, -0.25) is 14.9 Å². The summed E-state index contributed by atoms with van der Waals surface area (Å²) in [6.07, 6.45) is -5.23. The molecular formula is C28H21BrF3NO4. The van der Waals surface area contributed by atoms with Gasteiger partial charge in [0.25, 0.3) is 0 Å². The zero-order chi connectivity index (χ0) is 26.6. The number of hydrogen-bond donors (Lipinski definition) is 1. The number of carbonyl (C=O) groups excluding carboxylic acids is 3. The molecule has 1 heterocycles. The quantitative estimate of drug-likeness (QED) is 0.316. The second kappa shape index (κ2) is 8.92. The molecule has 1 aliphatic heterocycles. The molecule has 0 amide bonds. The zero-order valence-corrected chi connectivity index (χ0v) is 21.1. The number of fused-ring (bicyclic) bond motifs is 1. The maximum Gasteiger partial charge on any atom is 0.418 e. The number of ether oxygens (including phenoxy) is 1. The van der Waals surface area contributed by atoms with E-state index in [1.807, 2.05) is 0 Å². The molecule has 1 N–H and O–H groups in total. The predicted molar refractivity (Wildman–Crippen MR) is 132 cm³/mol. The molecular weight excluding hydrogens is 551 g/mol. The highest BCUT2D eigenvalue weighted by molar-refractivity contribution is 9.10. The van der Waals surface area contributed by atoms with Crippen LogP contribution >= 0.6 is 15.9 Å². The van der Waals surface area contributed by atoms with Crippen molar-refractivity contribution in [3.05, 3.63) is 106 Å². The molecule has 5 rings (SSSR count). The molecule has 0 radical (unpaired) electrons. The van der Waals surface area contributed by atoms with Crippen LogP contribution in [0.3, 0.4) is 0 Å². The molecule has 3 aromatic rings. The lowest BCUT2D eigenvalue weighted by molar-refractivity contribution is -0.214. The van der Waals surface area contributed by atoms with Gasteiger partial charge in [-0.1, -0.05) is 82.7 Å². The van der Waals surface area contributed by atoms with Crippen molar-refractivity contribution in [1.82, 2.24) is 5.32 Å². The molecule has 37 heavy (non-hydrogen) atoms. The van der Waals surface area contributed by atoms with E-state index in [0.717, 1.165) is 0 Å². The van der Waals surface area contributed by atoms with Crippen molar-refractivity contribution in [3.8, 4) is 0 Å². The van der Waals surface area contributed by atoms with E-state index in [0.29, 0.717) is 4.47 Å². The van der Waals surface area contributed by atoms with Crippen LogP contribution in [0.25, 0.3) is 0 Å². The van der Waals surface area contributed by atoms with Gasteiger partial charge in [0, 0.05) is 21.5 Å². The highest BCUT2D eigenvalue weighted by Gasteiger charge is 2.81. The Morgan fingerprint density at radius 2 is 1.43 bits per heavy atom. The Hall–Kier alpha value is -3.30. The Bertz CT molecular complexity index is 1360. The van der Waals surface area contributed by atoms with Gasteiger partial charge in [-0.2, -0.15) is 13.2 Å². The van der Waals surface area contributed by atoms with Crippen LogP contribution in [0, 0.1) is 5.41 Å². The maximum absolute atomic E-state index is 15.3. The van der Waals surface area contributed by atoms with Crippen molar-refractivity contribution in [2.45, 2.75) is 30.6 Å². The summed E-state index contributed by atoms with van der Waals surface area (Å²) in [4.78, 5) is 42.0. The van der Waals surface area contributed by atoms with E-state index in [1.165, 1.54) is 43.3 Å². The number of nitrogens with one attached hydrogen (secondary N) is 1. The van der Waals surface area contributed by atoms with Gasteiger partial charge in [-0.25, -0.2) is 4.79 Å². The number of esters is 1. The standard InChI is InChI=1S/C28H21BrF3NO4/c1-2-37-25(36)27(28(30,31)32)21(16-12-14-18(29)15-13-16)26(22(33-27)17-8-4-3-5-9-17)23(34)19-10-6-7-11-20(19)24(26)35/h3-15,21-22,33H,2H2,1H3/t21-,22+,27+/m0/s1. The molecule has 0 saturated carbocycles. The van der Waals surface area contributed by atoms with Gasteiger partial charge >= 0.3 is 12.1 Å². The Kier molecular flexibility index (Phi) is 6.11. The number of benzene rings is 3. The van der Waals surface area contributed by atoms with Crippen molar-refractivity contribution >= 4 is 33.5 Å². The molecule has 5 nitrogen and oxygen atoms in total. The van der Waals surface area contributed by atoms with Crippen LogP contribution in [0.15, 0.2) is 83.3 Å². The molecule has 1 fully saturated rings. The number of hydrogen-bond acceptors (Lipinski definition) is 5. The van der Waals surface area contributed by atoms with Crippen LogP contribution in [0.5, 0.6) is 0 Å². The second-order valence-corrected chi connectivity index (χ2v) is 9.99. The summed E-state index contributed by atoms with van der Waals surface area (Å²) in [5, 5.41) is 2.48. The van der Waals surface area contributed by atoms with E-state index in [1.54, 1.807) is 42.5 Å². The lowest BCUT2D eigenvalue weighted by Crippen LogP contribution is -2.63. The summed E-state index contributed by atoms with van der Waals surface area (Å²) < 4.78 is 51.5. The van der Waals surface area contributed by atoms with Crippen LogP contribution in [-0.4, -0.2) is 35.9 Å². The van der Waals surface area contributed by atoms with Gasteiger partial charge in [0.1, 0.15) is 5.41 Å². The van der Waals surface area contributed by atoms with Crippen LogP contribution in [0.1, 0.15) is 50.7 Å². The van der Waals surface area contributed by atoms with Gasteiger partial charge in [0.15, 0.2) is 11.6 Å². The first-order valence-electron chi connectivity index (χ1n) is 11.6. The van der Waals surface area contributed by atoms with Crippen molar-refractivity contribution in [2.24, 2.45) is 5.41 Å². The molecule has 3 atom stereocenters. The van der Waals surface area contributed by atoms with Crippen molar-refractivity contribution in [2.75, 3.05) is 6.61 Å². The fraction of sp³-hybridized carbons (Fsp3) is 0.250. The van der Waals surface area contributed by atoms with E-state index >= 15 is 13.2 Å². The largest absolute Gasteiger partial charge is 0.464 e. The smallest absolute Gasteiger partial charge is 0.418 e. The van der Waals surface area contributed by atoms with E-state index in [4.69, 9.17) is 4.74 Å². The Morgan fingerprint density at radius 3 is 1.95 bits per heavy atom. The molecule has 2 aliphatic rings. The Balaban J connectivity index is 1.92. The monoisotopic (exact) mass is 571 g/mol. The first-order chi connectivity index (χ1) is 17.6. The SMILES string of the molecule is CCOC(=O)[C@]1(C(F)(F)F)N[C@H](c2ccccc2)C2(C(=O)c3ccccc3C2=O)[C@@H]1c1ccc(Br)cc1. The topological polar surface area (TPSA) is 72.5 Å². The second-order valence-electron chi connectivity index (χ2n) is 9.07. The number of ketones is 2. The van der Waals surface area contributed by atoms with E-state index < -0.39 is 46.6 Å². The molecule has 1 spiro atoms. The third-order valence-electron chi connectivity index (χ3n) is 7.26. The minimum atomic E-state index is -5.23. The molecule has 1 aliphatic carbocycles. The van der Waals surface area contributed by atoms with Crippen molar-refractivity contribution in [3.63, 3.8) is 0 Å². The number of alkyl halides is 3. The summed E-state index contributed by atoms with van der Waals surface area (Å²) in [7, 11) is 0. The number of carbonyl (C=O) groups is 3. The summed E-state index contributed by atoms with van der Waals surface area (Å²) >= 11 is 3.28. The predicted octanol–water partition coefficient (Wildman–Crippen LogP) is 5.81. The van der Waals surface area contributed by atoms with E-state index in [2.05, 4.69) is 21.2 Å². The van der Waals surface area contributed by atoms with Crippen LogP contribution in [0.2, 0.25) is 0 Å². The first kappa shape index (κ1) is 25.4. The normalized spacial score (nSPS) is 24.4. The average Bonchev–Trinajstić information content (AvgIpc) is 3.33. The number of Topliss-reactive ketones (excluding diaryl/α,β-unsaturated/α-hetero) is 2. The van der Waals surface area contributed by atoms with E-state index in [-0.39, 0.29) is 28.9 Å². The van der Waals surface area contributed by atoms with Gasteiger partial charge in [-0.05, 0) is 30.2 Å². The minimum Gasteiger partial charge on any atom is -0.464 e. The fourth-order valence-corrected chi connectivity index (χ4v) is 6.09. The highest BCUT2D eigenvalue weighted by atomic mass is 79.9. The van der Waals surface area contributed by atoms with Crippen LogP contribution in [-0.2, 0) is 9.53 Å². The Morgan fingerprint density at radius 1 is 0.892 bits per heavy atom. The molecule has 0 unspecified atom stereocenters. The van der Waals surface area contributed by atoms with E-state index in [9.17, 15) is 14.4 Å². The minimum absolute atomic E-state index is 0.00835. The number of rotatable bonds is 4. The maximum atomic E-state index is 15.3. The van der Waals surface area contributed by atoms with Crippen molar-refractivity contribution in [1.29, 1.82) is 0 Å². The Labute approximate surface area is 219 Å². The third-order valence-corrected chi connectivity index (χ3v) is 7.79. The van der Waals surface area contributed by atoms with Gasteiger partial charge in [0.05, 0.1) is 12.6 Å². The molecule has 0 aromatic heterocycles. The summed E-state index contributed by atoms with van der Waals surface area (Å²) in [6, 6.07) is 18.3. The van der Waals surface area contributed by atoms with Crippen LogP contribution in [0.4, 0.5) is 13.2 Å². The summed E-state index contributed by atoms with van der Waals surface area (Å²) in [5.74, 6) is -5.08. The molecule has 9 heteroatoms. The lowest BCUT2D eigenvalue weighted by atomic mass is 9.60. The fourth-order valence-electron chi connectivity index (χ4n) is 5.83. The van der Waals surface area contributed by atoms with Crippen LogP contribution < -0.4 is 5.32 Å². The van der Waals surface area contributed by atoms with Crippen molar-refractivity contribution < 1.29 is 32.3 Å². The van der Waals surface area contributed by atoms with Gasteiger partial charge in [-0.15, -0.1) is 0 Å². The average molecular weight is 572 g/mol. The third kappa shape index (κ3) is 3.44. The van der Waals surface area contributed by atoms with Gasteiger partial charge < -0.3 is 4.74 Å². The number of halogens is 4. The summed E-state index contributed by atoms with van der Waals surface area (Å²) in [6.45, 7) is 1.08. The lowest BCUT2D eigenvalue weighted by Gasteiger charge is -2.39. The highest BCUT2D eigenvalue weighted by Crippen LogP contribution is 2.65. The molecule has 190 valence electrons. The zero-order valence-electron chi connectivity index (χ0n) is 19.5. The molecule has 1 saturated heterocycles. The first-order valence-corrected chi connectivity index (χ1v) is 12.4. The summed E-state index contributed by atoms with van der Waals surface area (Å²) in [5.41, 5.74) is -5.35.